The lowest BCUT2D eigenvalue weighted by atomic mass is 9.60. The number of ketones is 2. The number of benzene rings is 2. The highest BCUT2D eigenvalue weighted by Crippen LogP contribution is 2.52. The summed E-state index contributed by atoms with van der Waals surface area (Å²) in [5.41, 5.74) is 3.84. The Balaban J connectivity index is 1.38. The van der Waals surface area contributed by atoms with Crippen LogP contribution in [0.4, 0.5) is 5.69 Å². The first-order valence-electron chi connectivity index (χ1n) is 12.8. The number of anilines is 1. The van der Waals surface area contributed by atoms with Gasteiger partial charge in [-0.1, -0.05) is 18.2 Å². The van der Waals surface area contributed by atoms with E-state index in [0.29, 0.717) is 22.4 Å². The maximum atomic E-state index is 13.7. The predicted octanol–water partition coefficient (Wildman–Crippen LogP) is 3.09. The van der Waals surface area contributed by atoms with Crippen molar-refractivity contribution in [3.63, 3.8) is 0 Å². The van der Waals surface area contributed by atoms with E-state index in [9.17, 15) is 39.6 Å². The summed E-state index contributed by atoms with van der Waals surface area (Å²) in [4.78, 5) is 50.9. The minimum absolute atomic E-state index is 0.0375. The number of carbonyl (C=O) groups is 4. The monoisotopic (exact) mass is 556 g/mol. The predicted molar refractivity (Wildman–Crippen MR) is 143 cm³/mol. The largest absolute Gasteiger partial charge is 0.511 e. The number of rotatable bonds is 4. The van der Waals surface area contributed by atoms with E-state index in [4.69, 9.17) is 10.2 Å². The zero-order valence-corrected chi connectivity index (χ0v) is 21.4. The van der Waals surface area contributed by atoms with Crippen LogP contribution in [0.25, 0.3) is 11.1 Å². The highest BCUT2D eigenvalue weighted by molar-refractivity contribution is 6.24. The number of aliphatic hydroxyl groups is 3. The summed E-state index contributed by atoms with van der Waals surface area (Å²) in [6.45, 7) is 0. The molecule has 11 nitrogen and oxygen atoms in total. The fraction of sp³-hybridized carbons (Fsp3) is 0.200. The molecule has 3 aliphatic rings. The summed E-state index contributed by atoms with van der Waals surface area (Å²) >= 11 is 0. The third-order valence-corrected chi connectivity index (χ3v) is 8.14. The molecule has 0 fully saturated rings. The van der Waals surface area contributed by atoms with Crippen LogP contribution >= 0.6 is 0 Å². The number of primary amides is 1. The van der Waals surface area contributed by atoms with Gasteiger partial charge in [0.2, 0.25) is 5.78 Å². The van der Waals surface area contributed by atoms with Gasteiger partial charge < -0.3 is 35.9 Å². The molecule has 0 bridgehead atoms. The molecule has 3 atom stereocenters. The quantitative estimate of drug-likeness (QED) is 0.261. The molecular formula is C30H24N2O9. The van der Waals surface area contributed by atoms with Crippen molar-refractivity contribution in [2.75, 3.05) is 5.32 Å². The van der Waals surface area contributed by atoms with Crippen molar-refractivity contribution in [3.8, 4) is 16.9 Å². The Labute approximate surface area is 232 Å². The maximum Gasteiger partial charge on any atom is 0.291 e. The highest BCUT2D eigenvalue weighted by atomic mass is 16.4. The molecule has 2 amide bonds. The van der Waals surface area contributed by atoms with Gasteiger partial charge in [-0.3, -0.25) is 19.2 Å². The molecule has 3 aliphatic carbocycles. The molecule has 1 heterocycles. The third kappa shape index (κ3) is 3.85. The van der Waals surface area contributed by atoms with Crippen molar-refractivity contribution in [1.82, 2.24) is 0 Å². The number of nitrogens with one attached hydrogen (secondary N) is 1. The fourth-order valence-corrected chi connectivity index (χ4v) is 6.22. The van der Waals surface area contributed by atoms with Crippen molar-refractivity contribution < 1.29 is 44.0 Å². The number of Topliss-reactive ketones (excluding diaryl/α,β-unsaturated/α-hetero) is 2. The Morgan fingerprint density at radius 2 is 1.73 bits per heavy atom. The fourth-order valence-electron chi connectivity index (χ4n) is 6.22. The van der Waals surface area contributed by atoms with Gasteiger partial charge in [-0.15, -0.1) is 0 Å². The average molecular weight is 557 g/mol. The second-order valence-corrected chi connectivity index (χ2v) is 10.4. The van der Waals surface area contributed by atoms with Gasteiger partial charge in [0.25, 0.3) is 11.8 Å². The van der Waals surface area contributed by atoms with E-state index in [1.165, 1.54) is 18.4 Å². The number of amides is 2. The topological polar surface area (TPSA) is 200 Å². The number of fused-ring (bicyclic) bond motifs is 3. The molecule has 6 rings (SSSR count). The molecule has 11 heteroatoms. The number of phenolic OH excluding ortho intramolecular Hbond substituents is 1. The number of hydrogen-bond acceptors (Lipinski definition) is 9. The third-order valence-electron chi connectivity index (χ3n) is 8.14. The van der Waals surface area contributed by atoms with E-state index in [2.05, 4.69) is 5.32 Å². The molecule has 41 heavy (non-hydrogen) atoms. The van der Waals surface area contributed by atoms with Crippen LogP contribution in [0.3, 0.4) is 0 Å². The summed E-state index contributed by atoms with van der Waals surface area (Å²) in [6.07, 6.45) is 1.31. The lowest BCUT2D eigenvalue weighted by Crippen LogP contribution is -2.57. The standard InChI is InChI=1S/C30H24N2O9/c31-28(38)24-20(34)12-15-10-14-11-18-17(13-3-5-16(6-4-13)32-29(39)21-2-1-9-41-21)7-8-19(33)23(18)25(35)22(14)26(36)30(15,40)27(24)37/h1-9,14-15,33-34,36,40H,10-12H2,(H2,31,38)(H,32,39)/t14-,15+,30+/m1/s1. The molecule has 3 aromatic rings. The van der Waals surface area contributed by atoms with Crippen LogP contribution < -0.4 is 11.1 Å². The number of carbonyl (C=O) groups excluding carboxylic acids is 4. The van der Waals surface area contributed by atoms with E-state index in [1.807, 2.05) is 0 Å². The molecular weight excluding hydrogens is 532 g/mol. The van der Waals surface area contributed by atoms with Crippen LogP contribution in [-0.4, -0.2) is 49.4 Å². The molecule has 1 aromatic heterocycles. The number of aliphatic hydroxyl groups excluding tert-OH is 2. The highest BCUT2D eigenvalue weighted by Gasteiger charge is 2.59. The first kappa shape index (κ1) is 26.1. The molecule has 0 radical (unpaired) electrons. The number of hydrogen-bond donors (Lipinski definition) is 6. The first-order chi connectivity index (χ1) is 19.5. The van der Waals surface area contributed by atoms with Gasteiger partial charge in [0.05, 0.1) is 11.8 Å². The van der Waals surface area contributed by atoms with Gasteiger partial charge in [0, 0.05) is 23.6 Å². The number of nitrogens with two attached hydrogens (primary N) is 1. The molecule has 0 unspecified atom stereocenters. The summed E-state index contributed by atoms with van der Waals surface area (Å²) in [7, 11) is 0. The smallest absolute Gasteiger partial charge is 0.291 e. The van der Waals surface area contributed by atoms with Crippen LogP contribution in [0.5, 0.6) is 5.75 Å². The molecule has 0 aliphatic heterocycles. The van der Waals surface area contributed by atoms with Crippen LogP contribution in [0.15, 0.2) is 81.9 Å². The number of furan rings is 1. The van der Waals surface area contributed by atoms with E-state index < -0.39 is 57.9 Å². The molecule has 0 saturated heterocycles. The van der Waals surface area contributed by atoms with Crippen LogP contribution in [-0.2, 0) is 16.0 Å². The maximum absolute atomic E-state index is 13.7. The second-order valence-electron chi connectivity index (χ2n) is 10.4. The van der Waals surface area contributed by atoms with Gasteiger partial charge in [-0.05, 0) is 65.8 Å². The van der Waals surface area contributed by atoms with Crippen LogP contribution in [0.2, 0.25) is 0 Å². The summed E-state index contributed by atoms with van der Waals surface area (Å²) < 4.78 is 5.10. The molecule has 2 aromatic carbocycles. The summed E-state index contributed by atoms with van der Waals surface area (Å²) in [6, 6.07) is 13.0. The minimum atomic E-state index is -2.61. The average Bonchev–Trinajstić information content (AvgIpc) is 3.47. The van der Waals surface area contributed by atoms with Gasteiger partial charge in [-0.25, -0.2) is 0 Å². The molecule has 7 N–H and O–H groups in total. The number of allylic oxidation sites excluding steroid dienone is 2. The van der Waals surface area contributed by atoms with E-state index in [0.717, 1.165) is 0 Å². The van der Waals surface area contributed by atoms with E-state index >= 15 is 0 Å². The Bertz CT molecular complexity index is 1720. The van der Waals surface area contributed by atoms with Gasteiger partial charge in [-0.2, -0.15) is 0 Å². The lowest BCUT2D eigenvalue weighted by molar-refractivity contribution is -0.144. The lowest BCUT2D eigenvalue weighted by Gasteiger charge is -2.45. The molecule has 0 spiro atoms. The van der Waals surface area contributed by atoms with Crippen LogP contribution in [0.1, 0.15) is 39.3 Å². The summed E-state index contributed by atoms with van der Waals surface area (Å²) in [5.74, 6) is -7.02. The van der Waals surface area contributed by atoms with Crippen molar-refractivity contribution in [3.05, 3.63) is 94.3 Å². The molecule has 208 valence electrons. The van der Waals surface area contributed by atoms with Crippen LogP contribution in [0, 0.1) is 11.8 Å². The normalized spacial score (nSPS) is 23.5. The van der Waals surface area contributed by atoms with Gasteiger partial charge in [0.15, 0.2) is 17.1 Å². The Kier molecular flexibility index (Phi) is 5.86. The number of phenols is 1. The molecule has 0 saturated carbocycles. The zero-order chi connectivity index (χ0) is 29.2. The zero-order valence-electron chi connectivity index (χ0n) is 21.4. The van der Waals surface area contributed by atoms with Crippen molar-refractivity contribution >= 4 is 29.1 Å². The van der Waals surface area contributed by atoms with Gasteiger partial charge in [0.1, 0.15) is 22.8 Å². The number of aromatic hydroxyl groups is 1. The second kappa shape index (κ2) is 9.20. The minimum Gasteiger partial charge on any atom is -0.511 e. The Morgan fingerprint density at radius 3 is 2.39 bits per heavy atom. The van der Waals surface area contributed by atoms with Gasteiger partial charge >= 0.3 is 0 Å². The van der Waals surface area contributed by atoms with Crippen molar-refractivity contribution in [1.29, 1.82) is 0 Å². The van der Waals surface area contributed by atoms with E-state index in [1.54, 1.807) is 36.4 Å². The Morgan fingerprint density at radius 1 is 1.00 bits per heavy atom. The Hall–Kier alpha value is -5.16. The first-order valence-corrected chi connectivity index (χ1v) is 12.8. The summed E-state index contributed by atoms with van der Waals surface area (Å²) in [5, 5.41) is 46.3. The van der Waals surface area contributed by atoms with Crippen molar-refractivity contribution in [2.45, 2.75) is 24.9 Å². The van der Waals surface area contributed by atoms with E-state index in [-0.39, 0.29) is 41.9 Å². The SMILES string of the molecule is NC(=O)C1=C(O)C[C@@H]2C[C@@H]3Cc4c(-c5ccc(NC(=O)c6ccco6)cc5)ccc(O)c4C(=O)C3=C(O)[C@]2(O)C1=O. The van der Waals surface area contributed by atoms with Crippen molar-refractivity contribution in [2.24, 2.45) is 17.6 Å².